The van der Waals surface area contributed by atoms with Crippen molar-refractivity contribution in [2.24, 2.45) is 10.7 Å². The fourth-order valence-electron chi connectivity index (χ4n) is 3.16. The molecule has 1 aliphatic rings. The fourth-order valence-corrected chi connectivity index (χ4v) is 3.86. The zero-order chi connectivity index (χ0) is 21.2. The van der Waals surface area contributed by atoms with Crippen molar-refractivity contribution in [3.8, 4) is 0 Å². The van der Waals surface area contributed by atoms with Crippen LogP contribution in [0, 0.1) is 0 Å². The van der Waals surface area contributed by atoms with Crippen LogP contribution in [-0.2, 0) is 17.6 Å². The van der Waals surface area contributed by atoms with Gasteiger partial charge in [-0.05, 0) is 49.5 Å². The molecule has 0 aliphatic carbocycles. The minimum Gasteiger partial charge on any atom is -0.385 e. The van der Waals surface area contributed by atoms with Crippen molar-refractivity contribution in [3.63, 3.8) is 0 Å². The van der Waals surface area contributed by atoms with Crippen LogP contribution in [0.15, 0.2) is 58.2 Å². The normalized spacial score (nSPS) is 16.5. The second-order valence-corrected chi connectivity index (χ2v) is 7.56. The number of nitrogens with zero attached hydrogens (tertiary/aromatic N) is 1. The molecule has 156 valence electrons. The molecule has 0 saturated carbocycles. The van der Waals surface area contributed by atoms with Gasteiger partial charge in [0.15, 0.2) is 0 Å². The number of hydrogen-bond acceptors (Lipinski definition) is 6. The number of carbonyl (C=O) groups is 1. The Labute approximate surface area is 177 Å². The van der Waals surface area contributed by atoms with Crippen molar-refractivity contribution in [2.75, 3.05) is 12.4 Å². The van der Waals surface area contributed by atoms with Crippen molar-refractivity contribution in [1.29, 1.82) is 0 Å². The molecule has 2 unspecified atom stereocenters. The molecule has 2 atom stereocenters. The maximum Gasteiger partial charge on any atom is 0.229 e. The first-order valence-electron chi connectivity index (χ1n) is 9.93. The molecule has 5 N–H and O–H groups in total. The van der Waals surface area contributed by atoms with E-state index in [1.807, 2.05) is 62.7 Å². The highest BCUT2D eigenvalue weighted by atomic mass is 32.1. The Morgan fingerprint density at radius 1 is 1.31 bits per heavy atom. The minimum absolute atomic E-state index is 0.0110. The number of benzene rings is 1. The van der Waals surface area contributed by atoms with Crippen molar-refractivity contribution in [3.05, 3.63) is 63.6 Å². The smallest absolute Gasteiger partial charge is 0.229 e. The molecular weight excluding hydrogens is 382 g/mol. The molecular formula is C22H31N5OS. The molecule has 1 aliphatic heterocycles. The lowest BCUT2D eigenvalue weighted by atomic mass is 9.93. The number of rotatable bonds is 7. The summed E-state index contributed by atoms with van der Waals surface area (Å²) in [5.41, 5.74) is 9.09. The predicted molar refractivity (Wildman–Crippen MR) is 123 cm³/mol. The first-order chi connectivity index (χ1) is 14.1. The van der Waals surface area contributed by atoms with Crippen molar-refractivity contribution in [1.82, 2.24) is 10.6 Å². The van der Waals surface area contributed by atoms with Gasteiger partial charge in [-0.1, -0.05) is 32.0 Å². The van der Waals surface area contributed by atoms with Crippen LogP contribution >= 0.6 is 11.3 Å². The summed E-state index contributed by atoms with van der Waals surface area (Å²) in [6, 6.07) is 11.9. The first-order valence-corrected chi connectivity index (χ1v) is 10.8. The highest BCUT2D eigenvalue weighted by Gasteiger charge is 2.24. The molecule has 0 fully saturated rings. The number of nitrogens with one attached hydrogen (secondary N) is 3. The Morgan fingerprint density at radius 3 is 2.79 bits per heavy atom. The Hall–Kier alpha value is -2.64. The van der Waals surface area contributed by atoms with E-state index in [0.717, 1.165) is 28.1 Å². The Balaban J connectivity index is 0.00000145. The van der Waals surface area contributed by atoms with Crippen LogP contribution in [0.5, 0.6) is 0 Å². The second-order valence-electron chi connectivity index (χ2n) is 6.53. The van der Waals surface area contributed by atoms with Crippen molar-refractivity contribution in [2.45, 2.75) is 45.7 Å². The summed E-state index contributed by atoms with van der Waals surface area (Å²) in [5, 5.41) is 11.2. The number of anilines is 1. The molecule has 1 aromatic heterocycles. The van der Waals surface area contributed by atoms with E-state index < -0.39 is 0 Å². The monoisotopic (exact) mass is 413 g/mol. The largest absolute Gasteiger partial charge is 0.385 e. The van der Waals surface area contributed by atoms with Gasteiger partial charge in [0.05, 0.1) is 18.8 Å². The SMILES string of the molecule is CC.CNC(C)C1=C(N)NC=NC1Cc1cccc(NC(=O)Cc2cccs2)c1. The zero-order valence-electron chi connectivity index (χ0n) is 17.5. The number of thiophene rings is 1. The molecule has 1 amide bonds. The third-order valence-corrected chi connectivity index (χ3v) is 5.48. The van der Waals surface area contributed by atoms with E-state index in [0.29, 0.717) is 12.2 Å². The fraction of sp³-hybridized carbons (Fsp3) is 0.364. The van der Waals surface area contributed by atoms with Gasteiger partial charge in [-0.2, -0.15) is 0 Å². The van der Waals surface area contributed by atoms with Crippen LogP contribution in [0.25, 0.3) is 0 Å². The van der Waals surface area contributed by atoms with E-state index in [4.69, 9.17) is 5.73 Å². The summed E-state index contributed by atoms with van der Waals surface area (Å²) in [4.78, 5) is 17.9. The Kier molecular flexibility index (Phi) is 8.89. The lowest BCUT2D eigenvalue weighted by Crippen LogP contribution is -2.39. The van der Waals surface area contributed by atoms with Gasteiger partial charge < -0.3 is 21.7 Å². The second kappa shape index (κ2) is 11.4. The topological polar surface area (TPSA) is 91.5 Å². The van der Waals surface area contributed by atoms with E-state index >= 15 is 0 Å². The zero-order valence-corrected chi connectivity index (χ0v) is 18.3. The average molecular weight is 414 g/mol. The maximum atomic E-state index is 12.2. The number of nitrogens with two attached hydrogens (primary N) is 1. The van der Waals surface area contributed by atoms with E-state index in [1.165, 1.54) is 0 Å². The van der Waals surface area contributed by atoms with E-state index in [-0.39, 0.29) is 18.0 Å². The molecule has 7 heteroatoms. The summed E-state index contributed by atoms with van der Waals surface area (Å²) < 4.78 is 0. The number of likely N-dealkylation sites (N-methyl/N-ethyl adjacent to an activating group) is 1. The highest BCUT2D eigenvalue weighted by molar-refractivity contribution is 7.10. The molecule has 2 heterocycles. The van der Waals surface area contributed by atoms with Gasteiger partial charge in [0.2, 0.25) is 5.91 Å². The van der Waals surface area contributed by atoms with Gasteiger partial charge in [0, 0.05) is 22.2 Å². The van der Waals surface area contributed by atoms with E-state index in [1.54, 1.807) is 17.7 Å². The molecule has 0 saturated heterocycles. The quantitative estimate of drug-likeness (QED) is 0.561. The van der Waals surface area contributed by atoms with Crippen LogP contribution < -0.4 is 21.7 Å². The summed E-state index contributed by atoms with van der Waals surface area (Å²) in [5.74, 6) is 0.639. The van der Waals surface area contributed by atoms with Gasteiger partial charge in [-0.15, -0.1) is 11.3 Å². The number of aliphatic imine (C=N–C) groups is 1. The molecule has 0 bridgehead atoms. The third-order valence-electron chi connectivity index (χ3n) is 4.60. The van der Waals surface area contributed by atoms with Gasteiger partial charge in [-0.3, -0.25) is 9.79 Å². The Bertz CT molecular complexity index is 845. The van der Waals surface area contributed by atoms with Crippen LogP contribution in [0.4, 0.5) is 5.69 Å². The van der Waals surface area contributed by atoms with Crippen LogP contribution in [0.3, 0.4) is 0 Å². The summed E-state index contributed by atoms with van der Waals surface area (Å²) in [6.07, 6.45) is 2.76. The van der Waals surface area contributed by atoms with Gasteiger partial charge >= 0.3 is 0 Å². The van der Waals surface area contributed by atoms with Gasteiger partial charge in [0.1, 0.15) is 5.82 Å². The number of amides is 1. The molecule has 1 aromatic carbocycles. The van der Waals surface area contributed by atoms with Crippen LogP contribution in [0.1, 0.15) is 31.2 Å². The average Bonchev–Trinajstić information content (AvgIpc) is 3.22. The lowest BCUT2D eigenvalue weighted by molar-refractivity contribution is -0.115. The molecule has 3 rings (SSSR count). The molecule has 6 nitrogen and oxygen atoms in total. The highest BCUT2D eigenvalue weighted by Crippen LogP contribution is 2.22. The maximum absolute atomic E-state index is 12.2. The molecule has 2 aromatic rings. The van der Waals surface area contributed by atoms with Gasteiger partial charge in [-0.25, -0.2) is 0 Å². The Morgan fingerprint density at radius 2 is 2.10 bits per heavy atom. The van der Waals surface area contributed by atoms with Crippen molar-refractivity contribution >= 4 is 29.3 Å². The molecule has 0 radical (unpaired) electrons. The lowest BCUT2D eigenvalue weighted by Gasteiger charge is -2.27. The predicted octanol–water partition coefficient (Wildman–Crippen LogP) is 3.28. The van der Waals surface area contributed by atoms with E-state index in [9.17, 15) is 4.79 Å². The number of carbonyl (C=O) groups excluding carboxylic acids is 1. The third kappa shape index (κ3) is 6.44. The van der Waals surface area contributed by atoms with E-state index in [2.05, 4.69) is 27.9 Å². The summed E-state index contributed by atoms with van der Waals surface area (Å²) >= 11 is 1.59. The van der Waals surface area contributed by atoms with Crippen LogP contribution in [-0.4, -0.2) is 31.4 Å². The molecule has 0 spiro atoms. The number of hydrogen-bond donors (Lipinski definition) is 4. The summed E-state index contributed by atoms with van der Waals surface area (Å²) in [6.45, 7) is 6.07. The standard InChI is InChI=1S/C20H25N5OS.C2H6/c1-13(22-2)19-17(23-12-24-20(19)21)10-14-5-3-6-15(9-14)25-18(26)11-16-7-4-8-27-16;1-2/h3-9,12-13,17,22H,10-11,21H2,1-2H3,(H,23,24)(H,25,26);1-2H3. The van der Waals surface area contributed by atoms with Gasteiger partial charge in [0.25, 0.3) is 0 Å². The molecule has 29 heavy (non-hydrogen) atoms. The minimum atomic E-state index is -0.0363. The van der Waals surface area contributed by atoms with Crippen LogP contribution in [0.2, 0.25) is 0 Å². The van der Waals surface area contributed by atoms with Crippen molar-refractivity contribution < 1.29 is 4.79 Å². The first kappa shape index (κ1) is 22.6. The summed E-state index contributed by atoms with van der Waals surface area (Å²) in [7, 11) is 1.91.